The van der Waals surface area contributed by atoms with Crippen LogP contribution in [0.15, 0.2) is 67.5 Å². The molecular formula is C25H18F2N2O. The first kappa shape index (κ1) is 18.4. The summed E-state index contributed by atoms with van der Waals surface area (Å²) in [5, 5.41) is 0.548. The van der Waals surface area contributed by atoms with E-state index in [1.54, 1.807) is 18.3 Å². The third-order valence-corrected chi connectivity index (χ3v) is 5.47. The van der Waals surface area contributed by atoms with Crippen LogP contribution in [0, 0.1) is 11.6 Å². The number of halogens is 2. The first-order chi connectivity index (χ1) is 14.6. The molecule has 0 fully saturated rings. The van der Waals surface area contributed by atoms with Gasteiger partial charge in [-0.25, -0.2) is 13.8 Å². The Morgan fingerprint density at radius 2 is 1.73 bits per heavy atom. The molecular weight excluding hydrogens is 382 g/mol. The number of hydrogen-bond donors (Lipinski definition) is 0. The number of pyridine rings is 2. The molecule has 30 heavy (non-hydrogen) atoms. The summed E-state index contributed by atoms with van der Waals surface area (Å²) in [5.41, 5.74) is 6.61. The number of rotatable bonds is 3. The van der Waals surface area contributed by atoms with Gasteiger partial charge in [0.05, 0.1) is 11.2 Å². The smallest absolute Gasteiger partial charge is 0.161 e. The first-order valence-corrected chi connectivity index (χ1v) is 9.71. The first-order valence-electron chi connectivity index (χ1n) is 9.71. The normalized spacial score (nSPS) is 12.9. The lowest BCUT2D eigenvalue weighted by Gasteiger charge is -2.13. The minimum Gasteiger partial charge on any atom is -0.487 e. The summed E-state index contributed by atoms with van der Waals surface area (Å²) in [7, 11) is 0. The predicted octanol–water partition coefficient (Wildman–Crippen LogP) is 5.65. The third-order valence-electron chi connectivity index (χ3n) is 5.47. The molecule has 2 aromatic carbocycles. The van der Waals surface area contributed by atoms with E-state index in [0.717, 1.165) is 41.7 Å². The van der Waals surface area contributed by atoms with E-state index in [2.05, 4.69) is 22.6 Å². The number of aromatic nitrogens is 2. The van der Waals surface area contributed by atoms with Crippen molar-refractivity contribution in [1.82, 2.24) is 9.97 Å². The maximum atomic E-state index is 13.5. The lowest BCUT2D eigenvalue weighted by atomic mass is 9.96. The van der Waals surface area contributed by atoms with Crippen LogP contribution in [-0.4, -0.2) is 9.97 Å². The van der Waals surface area contributed by atoms with Gasteiger partial charge in [0.25, 0.3) is 0 Å². The molecule has 0 radical (unpaired) electrons. The molecule has 148 valence electrons. The maximum absolute atomic E-state index is 13.5. The summed E-state index contributed by atoms with van der Waals surface area (Å²) in [4.78, 5) is 8.62. The van der Waals surface area contributed by atoms with E-state index in [9.17, 15) is 8.78 Å². The van der Waals surface area contributed by atoms with Gasteiger partial charge < -0.3 is 4.74 Å². The molecule has 0 aliphatic heterocycles. The number of nitrogens with zero attached hydrogens (tertiary/aromatic N) is 2. The number of hydrogen-bond acceptors (Lipinski definition) is 3. The number of aryl methyl sites for hydroxylation is 2. The lowest BCUT2D eigenvalue weighted by molar-refractivity contribution is 0.301. The second kappa shape index (κ2) is 7.34. The van der Waals surface area contributed by atoms with E-state index in [0.29, 0.717) is 22.3 Å². The summed E-state index contributed by atoms with van der Waals surface area (Å²) < 4.78 is 32.8. The quantitative estimate of drug-likeness (QED) is 0.446. The van der Waals surface area contributed by atoms with E-state index in [1.807, 2.05) is 24.4 Å². The monoisotopic (exact) mass is 400 g/mol. The van der Waals surface area contributed by atoms with E-state index in [-0.39, 0.29) is 6.61 Å². The van der Waals surface area contributed by atoms with Crippen molar-refractivity contribution >= 4 is 16.5 Å². The van der Waals surface area contributed by atoms with Crippen molar-refractivity contribution in [3.05, 3.63) is 107 Å². The van der Waals surface area contributed by atoms with Crippen LogP contribution in [-0.2, 0) is 19.4 Å². The van der Waals surface area contributed by atoms with Gasteiger partial charge in [0.2, 0.25) is 0 Å². The highest BCUT2D eigenvalue weighted by atomic mass is 19.2. The number of fused-ring (bicyclic) bond motifs is 3. The SMILES string of the molecule is C=C1c2ccncc2CCc2ccc(OCc3ccc4cc(F)c(F)cc4n3)cc21. The average molecular weight is 400 g/mol. The molecule has 0 saturated carbocycles. The summed E-state index contributed by atoms with van der Waals surface area (Å²) in [6.07, 6.45) is 5.54. The van der Waals surface area contributed by atoms with Gasteiger partial charge in [0.15, 0.2) is 11.6 Å². The van der Waals surface area contributed by atoms with Gasteiger partial charge in [-0.05, 0) is 71.0 Å². The Hall–Kier alpha value is -3.60. The molecule has 0 amide bonds. The van der Waals surface area contributed by atoms with Crippen LogP contribution in [0.4, 0.5) is 8.78 Å². The second-order valence-corrected chi connectivity index (χ2v) is 7.38. The molecule has 0 N–H and O–H groups in total. The Bertz CT molecular complexity index is 1300. The zero-order chi connectivity index (χ0) is 20.7. The molecule has 5 heteroatoms. The van der Waals surface area contributed by atoms with Gasteiger partial charge in [0.1, 0.15) is 12.4 Å². The van der Waals surface area contributed by atoms with Crippen LogP contribution in [0.1, 0.15) is 27.9 Å². The van der Waals surface area contributed by atoms with Crippen LogP contribution in [0.5, 0.6) is 5.75 Å². The van der Waals surface area contributed by atoms with Gasteiger partial charge in [-0.15, -0.1) is 0 Å². The van der Waals surface area contributed by atoms with Crippen molar-refractivity contribution in [1.29, 1.82) is 0 Å². The number of ether oxygens (including phenoxy) is 1. The van der Waals surface area contributed by atoms with E-state index in [4.69, 9.17) is 4.74 Å². The molecule has 0 saturated heterocycles. The highest BCUT2D eigenvalue weighted by Gasteiger charge is 2.17. The molecule has 5 rings (SSSR count). The van der Waals surface area contributed by atoms with E-state index in [1.165, 1.54) is 11.1 Å². The van der Waals surface area contributed by atoms with Gasteiger partial charge in [-0.2, -0.15) is 0 Å². The molecule has 1 aliphatic carbocycles. The molecule has 0 unspecified atom stereocenters. The second-order valence-electron chi connectivity index (χ2n) is 7.38. The van der Waals surface area contributed by atoms with Gasteiger partial charge >= 0.3 is 0 Å². The Kier molecular flexibility index (Phi) is 4.51. The van der Waals surface area contributed by atoms with Crippen molar-refractivity contribution in [2.45, 2.75) is 19.4 Å². The fourth-order valence-electron chi connectivity index (χ4n) is 3.88. The van der Waals surface area contributed by atoms with Crippen molar-refractivity contribution < 1.29 is 13.5 Å². The number of benzene rings is 2. The summed E-state index contributed by atoms with van der Waals surface area (Å²) in [6, 6.07) is 13.7. The fraction of sp³-hybridized carbons (Fsp3) is 0.120. The van der Waals surface area contributed by atoms with Crippen LogP contribution < -0.4 is 4.74 Å². The van der Waals surface area contributed by atoms with Crippen molar-refractivity contribution in [2.24, 2.45) is 0 Å². The van der Waals surface area contributed by atoms with Gasteiger partial charge in [-0.1, -0.05) is 18.7 Å². The largest absolute Gasteiger partial charge is 0.487 e. The van der Waals surface area contributed by atoms with Crippen molar-refractivity contribution in [3.63, 3.8) is 0 Å². The third kappa shape index (κ3) is 3.32. The molecule has 3 nitrogen and oxygen atoms in total. The molecule has 2 aromatic heterocycles. The van der Waals surface area contributed by atoms with Crippen LogP contribution >= 0.6 is 0 Å². The Morgan fingerprint density at radius 1 is 0.900 bits per heavy atom. The molecule has 0 bridgehead atoms. The van der Waals surface area contributed by atoms with Crippen molar-refractivity contribution in [2.75, 3.05) is 0 Å². The Balaban J connectivity index is 1.40. The minimum atomic E-state index is -0.909. The fourth-order valence-corrected chi connectivity index (χ4v) is 3.88. The van der Waals surface area contributed by atoms with Crippen molar-refractivity contribution in [3.8, 4) is 5.75 Å². The van der Waals surface area contributed by atoms with Crippen LogP contribution in [0.25, 0.3) is 16.5 Å². The molecule has 1 aliphatic rings. The maximum Gasteiger partial charge on any atom is 0.161 e. The highest BCUT2D eigenvalue weighted by molar-refractivity contribution is 5.82. The van der Waals surface area contributed by atoms with Crippen LogP contribution in [0.2, 0.25) is 0 Å². The van der Waals surface area contributed by atoms with E-state index >= 15 is 0 Å². The summed E-state index contributed by atoms with van der Waals surface area (Å²) >= 11 is 0. The summed E-state index contributed by atoms with van der Waals surface area (Å²) in [5.74, 6) is -1.08. The standard InChI is InChI=1S/C25H18F2N2O/c1-15-21-8-9-28-13-18(21)3-2-16-5-7-20(11-22(15)16)30-14-19-6-4-17-10-23(26)24(27)12-25(17)29-19/h4-13H,1-3,14H2. The molecule has 0 atom stereocenters. The molecule has 2 heterocycles. The Labute approximate surface area is 172 Å². The minimum absolute atomic E-state index is 0.223. The Morgan fingerprint density at radius 3 is 2.63 bits per heavy atom. The van der Waals surface area contributed by atoms with E-state index < -0.39 is 11.6 Å². The average Bonchev–Trinajstić information content (AvgIpc) is 2.90. The highest BCUT2D eigenvalue weighted by Crippen LogP contribution is 2.34. The molecule has 4 aromatic rings. The zero-order valence-electron chi connectivity index (χ0n) is 16.2. The lowest BCUT2D eigenvalue weighted by Crippen LogP contribution is -2.00. The van der Waals surface area contributed by atoms with Gasteiger partial charge in [0, 0.05) is 23.8 Å². The summed E-state index contributed by atoms with van der Waals surface area (Å²) in [6.45, 7) is 4.53. The molecule has 0 spiro atoms. The van der Waals surface area contributed by atoms with Crippen LogP contribution in [0.3, 0.4) is 0 Å². The topological polar surface area (TPSA) is 35.0 Å². The zero-order valence-corrected chi connectivity index (χ0v) is 16.2. The van der Waals surface area contributed by atoms with Gasteiger partial charge in [-0.3, -0.25) is 4.98 Å². The predicted molar refractivity (Wildman–Crippen MR) is 112 cm³/mol.